The van der Waals surface area contributed by atoms with Gasteiger partial charge in [0.1, 0.15) is 5.76 Å². The van der Waals surface area contributed by atoms with Crippen molar-refractivity contribution >= 4 is 0 Å². The van der Waals surface area contributed by atoms with Crippen LogP contribution in [0.3, 0.4) is 0 Å². The van der Waals surface area contributed by atoms with Crippen LogP contribution in [-0.4, -0.2) is 16.3 Å². The maximum Gasteiger partial charge on any atom is 0.108 e. The highest BCUT2D eigenvalue weighted by molar-refractivity contribution is 5.22. The molecule has 2 unspecified atom stereocenters. The highest BCUT2D eigenvalue weighted by Crippen LogP contribution is 2.17. The summed E-state index contributed by atoms with van der Waals surface area (Å²) >= 11 is 0. The fraction of sp³-hybridized carbons (Fsp3) is 0.500. The molecule has 0 heterocycles. The quantitative estimate of drug-likeness (QED) is 0.506. The Balaban J connectivity index is 3.93. The van der Waals surface area contributed by atoms with Crippen LogP contribution >= 0.6 is 0 Å². The molecule has 0 aromatic carbocycles. The van der Waals surface area contributed by atoms with Crippen LogP contribution in [0.4, 0.5) is 0 Å². The number of allylic oxidation sites excluding steroid dienone is 3. The van der Waals surface area contributed by atoms with E-state index in [2.05, 4.69) is 20.1 Å². The minimum atomic E-state index is -0.262. The molecule has 2 N–H and O–H groups in total. The molecular weight excluding hydrogens is 176 g/mol. The Bertz CT molecular complexity index is 226. The Labute approximate surface area is 86.3 Å². The molecule has 2 heteroatoms. The molecule has 0 fully saturated rings. The second-order valence-electron chi connectivity index (χ2n) is 3.73. The van der Waals surface area contributed by atoms with Gasteiger partial charge in [-0.15, -0.1) is 0 Å². The van der Waals surface area contributed by atoms with Crippen molar-refractivity contribution in [3.05, 3.63) is 36.6 Å². The van der Waals surface area contributed by atoms with Gasteiger partial charge >= 0.3 is 0 Å². The average Bonchev–Trinajstić information content (AvgIpc) is 2.09. The van der Waals surface area contributed by atoms with Crippen LogP contribution in [0, 0.1) is 5.92 Å². The molecule has 0 aromatic rings. The Morgan fingerprint density at radius 1 is 1.21 bits per heavy atom. The van der Waals surface area contributed by atoms with Gasteiger partial charge in [0.25, 0.3) is 0 Å². The van der Waals surface area contributed by atoms with E-state index < -0.39 is 0 Å². The molecule has 2 atom stereocenters. The van der Waals surface area contributed by atoms with Crippen molar-refractivity contribution in [2.75, 3.05) is 0 Å². The summed E-state index contributed by atoms with van der Waals surface area (Å²) in [4.78, 5) is 0. The van der Waals surface area contributed by atoms with E-state index in [1.54, 1.807) is 13.0 Å². The smallest absolute Gasteiger partial charge is 0.108 e. The molecule has 0 bridgehead atoms. The third-order valence-electron chi connectivity index (χ3n) is 2.14. The summed E-state index contributed by atoms with van der Waals surface area (Å²) in [6.45, 7) is 11.1. The van der Waals surface area contributed by atoms with Gasteiger partial charge in [-0.25, -0.2) is 0 Å². The standard InChI is InChI=1S/C12H20O2/c1-9(5-7-11(3)13)10(2)6-8-12(4)14/h5,7,10,12-14H,1,3,6,8H2,2,4H3/b7-5-. The molecule has 0 spiro atoms. The van der Waals surface area contributed by atoms with Gasteiger partial charge in [-0.2, -0.15) is 0 Å². The van der Waals surface area contributed by atoms with Gasteiger partial charge in [0.05, 0.1) is 6.10 Å². The topological polar surface area (TPSA) is 40.5 Å². The van der Waals surface area contributed by atoms with E-state index in [1.165, 1.54) is 6.08 Å². The molecule has 0 aromatic heterocycles. The van der Waals surface area contributed by atoms with E-state index in [1.807, 2.05) is 0 Å². The lowest BCUT2D eigenvalue weighted by Gasteiger charge is -2.12. The summed E-state index contributed by atoms with van der Waals surface area (Å²) < 4.78 is 0. The van der Waals surface area contributed by atoms with E-state index in [4.69, 9.17) is 10.2 Å². The van der Waals surface area contributed by atoms with E-state index in [-0.39, 0.29) is 11.9 Å². The Morgan fingerprint density at radius 3 is 2.21 bits per heavy atom. The number of hydrogen-bond donors (Lipinski definition) is 2. The van der Waals surface area contributed by atoms with E-state index >= 15 is 0 Å². The lowest BCUT2D eigenvalue weighted by atomic mass is 9.95. The number of aliphatic hydroxyl groups excluding tert-OH is 2. The second-order valence-corrected chi connectivity index (χ2v) is 3.73. The monoisotopic (exact) mass is 196 g/mol. The predicted octanol–water partition coefficient (Wildman–Crippen LogP) is 2.97. The fourth-order valence-electron chi connectivity index (χ4n) is 1.04. The van der Waals surface area contributed by atoms with Crippen LogP contribution in [0.5, 0.6) is 0 Å². The fourth-order valence-corrected chi connectivity index (χ4v) is 1.04. The average molecular weight is 196 g/mol. The molecule has 0 amide bonds. The van der Waals surface area contributed by atoms with Crippen LogP contribution in [0.25, 0.3) is 0 Å². The largest absolute Gasteiger partial charge is 0.509 e. The van der Waals surface area contributed by atoms with Crippen LogP contribution in [0.1, 0.15) is 26.7 Å². The van der Waals surface area contributed by atoms with Crippen molar-refractivity contribution in [2.24, 2.45) is 5.92 Å². The summed E-state index contributed by atoms with van der Waals surface area (Å²) in [7, 11) is 0. The van der Waals surface area contributed by atoms with Crippen LogP contribution in [0.2, 0.25) is 0 Å². The van der Waals surface area contributed by atoms with Crippen LogP contribution < -0.4 is 0 Å². The molecule has 14 heavy (non-hydrogen) atoms. The normalized spacial score (nSPS) is 15.4. The van der Waals surface area contributed by atoms with Crippen molar-refractivity contribution in [3.8, 4) is 0 Å². The van der Waals surface area contributed by atoms with E-state index in [0.29, 0.717) is 5.92 Å². The summed E-state index contributed by atoms with van der Waals surface area (Å²) in [5.41, 5.74) is 0.945. The molecule has 0 aliphatic carbocycles. The first-order valence-electron chi connectivity index (χ1n) is 4.86. The Morgan fingerprint density at radius 2 is 1.79 bits per heavy atom. The maximum atomic E-state index is 9.10. The maximum absolute atomic E-state index is 9.10. The summed E-state index contributed by atoms with van der Waals surface area (Å²) in [6, 6.07) is 0. The second kappa shape index (κ2) is 6.44. The number of aliphatic hydroxyl groups is 2. The zero-order chi connectivity index (χ0) is 11.1. The van der Waals surface area contributed by atoms with Crippen molar-refractivity contribution in [1.29, 1.82) is 0 Å². The predicted molar refractivity (Wildman–Crippen MR) is 60.1 cm³/mol. The van der Waals surface area contributed by atoms with Gasteiger partial charge < -0.3 is 10.2 Å². The third kappa shape index (κ3) is 6.49. The molecular formula is C12H20O2. The van der Waals surface area contributed by atoms with Gasteiger partial charge in [-0.05, 0) is 31.8 Å². The molecule has 0 rings (SSSR count). The summed E-state index contributed by atoms with van der Waals surface area (Å²) in [5.74, 6) is 0.356. The first kappa shape index (κ1) is 13.0. The molecule has 0 saturated heterocycles. The zero-order valence-corrected chi connectivity index (χ0v) is 9.03. The Kier molecular flexibility index (Phi) is 5.97. The van der Waals surface area contributed by atoms with Gasteiger partial charge in [0, 0.05) is 0 Å². The molecule has 0 saturated carbocycles. The number of rotatable bonds is 6. The Hall–Kier alpha value is -1.02. The highest BCUT2D eigenvalue weighted by atomic mass is 16.3. The summed E-state index contributed by atoms with van der Waals surface area (Å²) in [6.07, 6.45) is 4.70. The summed E-state index contributed by atoms with van der Waals surface area (Å²) in [5, 5.41) is 17.9. The zero-order valence-electron chi connectivity index (χ0n) is 9.03. The minimum absolute atomic E-state index is 0.0360. The van der Waals surface area contributed by atoms with E-state index in [9.17, 15) is 0 Å². The minimum Gasteiger partial charge on any atom is -0.509 e. The molecule has 0 aliphatic rings. The lowest BCUT2D eigenvalue weighted by molar-refractivity contribution is 0.177. The van der Waals surface area contributed by atoms with Gasteiger partial charge in [0.15, 0.2) is 0 Å². The van der Waals surface area contributed by atoms with Crippen LogP contribution in [-0.2, 0) is 0 Å². The first-order chi connectivity index (χ1) is 6.43. The highest BCUT2D eigenvalue weighted by Gasteiger charge is 2.05. The SMILES string of the molecule is C=C(O)/C=C\C(=C)C(C)CCC(C)O. The van der Waals surface area contributed by atoms with Crippen molar-refractivity contribution in [1.82, 2.24) is 0 Å². The first-order valence-corrected chi connectivity index (χ1v) is 4.86. The molecule has 80 valence electrons. The van der Waals surface area contributed by atoms with Gasteiger partial charge in [0.2, 0.25) is 0 Å². The van der Waals surface area contributed by atoms with Crippen molar-refractivity contribution < 1.29 is 10.2 Å². The van der Waals surface area contributed by atoms with Gasteiger partial charge in [-0.3, -0.25) is 0 Å². The number of hydrogen-bond acceptors (Lipinski definition) is 2. The third-order valence-corrected chi connectivity index (χ3v) is 2.14. The van der Waals surface area contributed by atoms with E-state index in [0.717, 1.165) is 18.4 Å². The van der Waals surface area contributed by atoms with Gasteiger partial charge in [-0.1, -0.05) is 31.7 Å². The van der Waals surface area contributed by atoms with Crippen molar-refractivity contribution in [3.63, 3.8) is 0 Å². The molecule has 0 aliphatic heterocycles. The lowest BCUT2D eigenvalue weighted by Crippen LogP contribution is -2.04. The van der Waals surface area contributed by atoms with Crippen molar-refractivity contribution in [2.45, 2.75) is 32.8 Å². The molecule has 0 radical (unpaired) electrons. The molecule has 2 nitrogen and oxygen atoms in total. The van der Waals surface area contributed by atoms with Crippen LogP contribution in [0.15, 0.2) is 36.6 Å².